The first kappa shape index (κ1) is 20.9. The highest BCUT2D eigenvalue weighted by molar-refractivity contribution is 5.98. The van der Waals surface area contributed by atoms with E-state index in [1.807, 2.05) is 4.68 Å². The third-order valence-electron chi connectivity index (χ3n) is 6.65. The van der Waals surface area contributed by atoms with Crippen molar-refractivity contribution < 1.29 is 17.9 Å². The van der Waals surface area contributed by atoms with Crippen LogP contribution >= 0.6 is 0 Å². The Kier molecular flexibility index (Phi) is 4.73. The first-order valence-electron chi connectivity index (χ1n) is 11.0. The molecule has 0 amide bonds. The summed E-state index contributed by atoms with van der Waals surface area (Å²) in [4.78, 5) is 8.65. The Bertz CT molecular complexity index is 1370. The Morgan fingerprint density at radius 1 is 1.03 bits per heavy atom. The van der Waals surface area contributed by atoms with Crippen molar-refractivity contribution in [1.82, 2.24) is 25.1 Å². The molecule has 34 heavy (non-hydrogen) atoms. The van der Waals surface area contributed by atoms with Crippen LogP contribution in [0.5, 0.6) is 11.5 Å². The van der Waals surface area contributed by atoms with Crippen LogP contribution in [0.2, 0.25) is 0 Å². The number of nitrogens with two attached hydrogens (primary N) is 1. The summed E-state index contributed by atoms with van der Waals surface area (Å²) in [5.41, 5.74) is 7.62. The van der Waals surface area contributed by atoms with Gasteiger partial charge in [0.25, 0.3) is 0 Å². The molecule has 3 unspecified atom stereocenters. The van der Waals surface area contributed by atoms with Crippen LogP contribution in [0.1, 0.15) is 24.4 Å². The molecule has 0 spiro atoms. The van der Waals surface area contributed by atoms with Gasteiger partial charge in [0.05, 0.1) is 17.0 Å². The molecule has 6 rings (SSSR count). The van der Waals surface area contributed by atoms with E-state index in [9.17, 15) is 13.2 Å². The third-order valence-corrected chi connectivity index (χ3v) is 6.65. The standard InChI is InChI=1S/C24H21F3N6O/c25-24(26,27)15-2-1-3-17(10-15)34-16-6-4-14(5-7-16)21-20-22(28)30-12-31-23(20)33(32-21)19-9-13-8-18(19)29-11-13/h1-7,10,12-13,18-19,29H,8-9,11H2,(H2,28,30,31). The summed E-state index contributed by atoms with van der Waals surface area (Å²) in [5, 5.41) is 9.15. The van der Waals surface area contributed by atoms with Gasteiger partial charge in [-0.3, -0.25) is 0 Å². The van der Waals surface area contributed by atoms with Gasteiger partial charge < -0.3 is 15.8 Å². The van der Waals surface area contributed by atoms with Gasteiger partial charge in [0.15, 0.2) is 5.65 Å². The fourth-order valence-electron chi connectivity index (χ4n) is 5.07. The monoisotopic (exact) mass is 466 g/mol. The van der Waals surface area contributed by atoms with Crippen molar-refractivity contribution in [3.8, 4) is 22.8 Å². The molecule has 2 fully saturated rings. The number of benzene rings is 2. The fourth-order valence-corrected chi connectivity index (χ4v) is 5.07. The minimum atomic E-state index is -4.43. The van der Waals surface area contributed by atoms with Crippen molar-refractivity contribution in [2.45, 2.75) is 31.1 Å². The van der Waals surface area contributed by atoms with Crippen LogP contribution in [0, 0.1) is 5.92 Å². The number of rotatable bonds is 4. The number of hydrogen-bond acceptors (Lipinski definition) is 6. The molecule has 3 N–H and O–H groups in total. The van der Waals surface area contributed by atoms with Crippen LogP contribution in [0.3, 0.4) is 0 Å². The summed E-state index contributed by atoms with van der Waals surface area (Å²) >= 11 is 0. The topological polar surface area (TPSA) is 90.9 Å². The van der Waals surface area contributed by atoms with Gasteiger partial charge in [0, 0.05) is 11.6 Å². The highest BCUT2D eigenvalue weighted by Crippen LogP contribution is 2.42. The molecule has 2 aliphatic rings. The number of halogens is 3. The zero-order valence-electron chi connectivity index (χ0n) is 18.0. The average Bonchev–Trinajstić information content (AvgIpc) is 3.54. The molecule has 1 aliphatic carbocycles. The molecule has 3 heterocycles. The lowest BCUT2D eigenvalue weighted by molar-refractivity contribution is -0.137. The quantitative estimate of drug-likeness (QED) is 0.449. The molecule has 4 aromatic rings. The van der Waals surface area contributed by atoms with Gasteiger partial charge in [0.2, 0.25) is 0 Å². The molecule has 1 aliphatic heterocycles. The van der Waals surface area contributed by atoms with Crippen LogP contribution in [-0.2, 0) is 6.18 Å². The number of hydrogen-bond donors (Lipinski definition) is 2. The number of alkyl halides is 3. The van der Waals surface area contributed by atoms with Crippen LogP contribution in [0.4, 0.5) is 19.0 Å². The SMILES string of the molecule is Nc1ncnc2c1c(-c1ccc(Oc3cccc(C(F)(F)F)c3)cc1)nn2C1CC2CNC1C2. The Hall–Kier alpha value is -3.66. The lowest BCUT2D eigenvalue weighted by Crippen LogP contribution is -2.35. The van der Waals surface area contributed by atoms with E-state index in [4.69, 9.17) is 15.6 Å². The number of ether oxygens (including phenoxy) is 1. The number of nitrogens with one attached hydrogen (secondary N) is 1. The number of piperidine rings is 1. The van der Waals surface area contributed by atoms with E-state index in [1.165, 1.54) is 18.5 Å². The minimum Gasteiger partial charge on any atom is -0.457 e. The van der Waals surface area contributed by atoms with Gasteiger partial charge in [-0.05, 0) is 67.8 Å². The van der Waals surface area contributed by atoms with E-state index in [-0.39, 0.29) is 11.8 Å². The number of aromatic nitrogens is 4. The molecule has 2 aromatic heterocycles. The maximum absolute atomic E-state index is 13.0. The smallest absolute Gasteiger partial charge is 0.416 e. The predicted octanol–water partition coefficient (Wildman–Crippen LogP) is 4.81. The van der Waals surface area contributed by atoms with Gasteiger partial charge >= 0.3 is 6.18 Å². The molecule has 1 saturated heterocycles. The van der Waals surface area contributed by atoms with Crippen LogP contribution in [0.25, 0.3) is 22.3 Å². The van der Waals surface area contributed by atoms with Crippen molar-refractivity contribution >= 4 is 16.9 Å². The Morgan fingerprint density at radius 2 is 1.85 bits per heavy atom. The minimum absolute atomic E-state index is 0.110. The third kappa shape index (κ3) is 3.54. The summed E-state index contributed by atoms with van der Waals surface area (Å²) in [6, 6.07) is 12.4. The van der Waals surface area contributed by atoms with E-state index in [0.717, 1.165) is 37.1 Å². The van der Waals surface area contributed by atoms with Crippen molar-refractivity contribution in [2.75, 3.05) is 12.3 Å². The van der Waals surface area contributed by atoms with Gasteiger partial charge in [-0.25, -0.2) is 14.6 Å². The van der Waals surface area contributed by atoms with Gasteiger partial charge in [-0.15, -0.1) is 0 Å². The van der Waals surface area contributed by atoms with E-state index in [1.54, 1.807) is 24.3 Å². The Morgan fingerprint density at radius 3 is 2.56 bits per heavy atom. The molecular formula is C24H21F3N6O. The summed E-state index contributed by atoms with van der Waals surface area (Å²) in [6.07, 6.45) is -0.809. The van der Waals surface area contributed by atoms with E-state index in [0.29, 0.717) is 40.3 Å². The molecule has 3 atom stereocenters. The Labute approximate surface area is 192 Å². The summed E-state index contributed by atoms with van der Waals surface area (Å²) < 4.78 is 46.6. The summed E-state index contributed by atoms with van der Waals surface area (Å²) in [6.45, 7) is 1.04. The zero-order valence-corrected chi connectivity index (χ0v) is 18.0. The number of anilines is 1. The number of fused-ring (bicyclic) bond motifs is 3. The van der Waals surface area contributed by atoms with Crippen LogP contribution < -0.4 is 15.8 Å². The van der Waals surface area contributed by atoms with Crippen molar-refractivity contribution in [1.29, 1.82) is 0 Å². The van der Waals surface area contributed by atoms with Crippen LogP contribution in [-0.4, -0.2) is 32.3 Å². The molecule has 7 nitrogen and oxygen atoms in total. The van der Waals surface area contributed by atoms with Gasteiger partial charge in [-0.2, -0.15) is 18.3 Å². The van der Waals surface area contributed by atoms with E-state index >= 15 is 0 Å². The van der Waals surface area contributed by atoms with E-state index < -0.39 is 11.7 Å². The zero-order chi connectivity index (χ0) is 23.4. The molecular weight excluding hydrogens is 445 g/mol. The molecule has 174 valence electrons. The van der Waals surface area contributed by atoms with Crippen molar-refractivity contribution in [3.63, 3.8) is 0 Å². The largest absolute Gasteiger partial charge is 0.457 e. The molecule has 0 radical (unpaired) electrons. The fraction of sp³-hybridized carbons (Fsp3) is 0.292. The first-order chi connectivity index (χ1) is 16.4. The summed E-state index contributed by atoms with van der Waals surface area (Å²) in [5.74, 6) is 1.52. The molecule has 1 saturated carbocycles. The average molecular weight is 466 g/mol. The van der Waals surface area contributed by atoms with E-state index in [2.05, 4.69) is 15.3 Å². The van der Waals surface area contributed by atoms with Crippen molar-refractivity contribution in [2.24, 2.45) is 5.92 Å². The van der Waals surface area contributed by atoms with Crippen molar-refractivity contribution in [3.05, 3.63) is 60.4 Å². The predicted molar refractivity (Wildman–Crippen MR) is 120 cm³/mol. The highest BCUT2D eigenvalue weighted by atomic mass is 19.4. The summed E-state index contributed by atoms with van der Waals surface area (Å²) in [7, 11) is 0. The molecule has 10 heteroatoms. The van der Waals surface area contributed by atoms with Gasteiger partial charge in [-0.1, -0.05) is 6.07 Å². The highest BCUT2D eigenvalue weighted by Gasteiger charge is 2.42. The second kappa shape index (κ2) is 7.69. The lowest BCUT2D eigenvalue weighted by Gasteiger charge is -2.23. The maximum Gasteiger partial charge on any atom is 0.416 e. The molecule has 2 aromatic carbocycles. The van der Waals surface area contributed by atoms with Gasteiger partial charge in [0.1, 0.15) is 29.3 Å². The first-order valence-corrected chi connectivity index (χ1v) is 11.0. The number of nitrogens with zero attached hydrogens (tertiary/aromatic N) is 4. The molecule has 2 bridgehead atoms. The normalized spacial score (nSPS) is 21.9. The second-order valence-corrected chi connectivity index (χ2v) is 8.82. The second-order valence-electron chi connectivity index (χ2n) is 8.82. The maximum atomic E-state index is 13.0. The number of nitrogen functional groups attached to an aromatic ring is 1. The Balaban J connectivity index is 1.33. The lowest BCUT2D eigenvalue weighted by atomic mass is 10.1. The van der Waals surface area contributed by atoms with Crippen LogP contribution in [0.15, 0.2) is 54.9 Å².